The van der Waals surface area contributed by atoms with Gasteiger partial charge >= 0.3 is 5.97 Å². The third-order valence-corrected chi connectivity index (χ3v) is 3.59. The highest BCUT2D eigenvalue weighted by molar-refractivity contribution is 5.89. The second kappa shape index (κ2) is 8.58. The number of benzene rings is 3. The maximum absolute atomic E-state index is 11.6. The van der Waals surface area contributed by atoms with Gasteiger partial charge in [-0.15, -0.1) is 0 Å². The molecule has 0 saturated carbocycles. The highest BCUT2D eigenvalue weighted by atomic mass is 16.5. The Labute approximate surface area is 152 Å². The van der Waals surface area contributed by atoms with Crippen molar-refractivity contribution in [1.82, 2.24) is 0 Å². The Morgan fingerprint density at radius 3 is 1.92 bits per heavy atom. The van der Waals surface area contributed by atoms with Crippen LogP contribution in [0.2, 0.25) is 0 Å². The van der Waals surface area contributed by atoms with Crippen molar-refractivity contribution in [2.24, 2.45) is 10.2 Å². The molecule has 0 aromatic heterocycles. The summed E-state index contributed by atoms with van der Waals surface area (Å²) >= 11 is 0. The first-order valence-electron chi connectivity index (χ1n) is 8.35. The van der Waals surface area contributed by atoms with Crippen LogP contribution in [0.1, 0.15) is 17.3 Å². The number of nitrogens with zero attached hydrogens (tertiary/aromatic N) is 2. The quantitative estimate of drug-likeness (QED) is 0.439. The van der Waals surface area contributed by atoms with E-state index >= 15 is 0 Å². The number of carbonyl (C=O) groups excluding carboxylic acids is 1. The fraction of sp³-hybridized carbons (Fsp3) is 0.0952. The molecular weight excluding hydrogens is 326 g/mol. The van der Waals surface area contributed by atoms with Crippen LogP contribution in [-0.2, 0) is 4.74 Å². The van der Waals surface area contributed by atoms with Gasteiger partial charge < -0.3 is 10.1 Å². The Balaban J connectivity index is 1.62. The van der Waals surface area contributed by atoms with E-state index in [0.29, 0.717) is 17.9 Å². The molecule has 5 nitrogen and oxygen atoms in total. The maximum Gasteiger partial charge on any atom is 0.338 e. The molecular formula is C21H19N3O2. The van der Waals surface area contributed by atoms with Crippen LogP contribution < -0.4 is 5.32 Å². The Hall–Kier alpha value is -3.47. The van der Waals surface area contributed by atoms with Crippen LogP contribution in [0.15, 0.2) is 89.1 Å². The van der Waals surface area contributed by atoms with E-state index in [1.54, 1.807) is 31.2 Å². The second-order valence-corrected chi connectivity index (χ2v) is 5.51. The number of para-hydroxylation sites is 1. The summed E-state index contributed by atoms with van der Waals surface area (Å²) in [5, 5.41) is 11.7. The van der Waals surface area contributed by atoms with Gasteiger partial charge in [-0.1, -0.05) is 18.2 Å². The number of azo groups is 1. The van der Waals surface area contributed by atoms with Crippen LogP contribution >= 0.6 is 0 Å². The molecule has 0 atom stereocenters. The zero-order valence-corrected chi connectivity index (χ0v) is 14.4. The third-order valence-electron chi connectivity index (χ3n) is 3.59. The molecule has 3 rings (SSSR count). The van der Waals surface area contributed by atoms with E-state index in [2.05, 4.69) is 15.5 Å². The Morgan fingerprint density at radius 1 is 0.808 bits per heavy atom. The monoisotopic (exact) mass is 345 g/mol. The Kier molecular flexibility index (Phi) is 5.72. The van der Waals surface area contributed by atoms with Gasteiger partial charge in [0, 0.05) is 11.4 Å². The van der Waals surface area contributed by atoms with E-state index in [1.165, 1.54) is 0 Å². The van der Waals surface area contributed by atoms with Gasteiger partial charge in [0.05, 0.1) is 23.5 Å². The molecule has 3 aromatic carbocycles. The van der Waals surface area contributed by atoms with E-state index in [-0.39, 0.29) is 5.97 Å². The summed E-state index contributed by atoms with van der Waals surface area (Å²) in [6.45, 7) is 2.14. The molecule has 0 heterocycles. The van der Waals surface area contributed by atoms with Crippen molar-refractivity contribution in [1.29, 1.82) is 0 Å². The highest BCUT2D eigenvalue weighted by Crippen LogP contribution is 2.22. The highest BCUT2D eigenvalue weighted by Gasteiger charge is 2.05. The molecule has 1 N–H and O–H groups in total. The van der Waals surface area contributed by atoms with E-state index in [9.17, 15) is 4.79 Å². The molecule has 3 aromatic rings. The Morgan fingerprint density at radius 2 is 1.35 bits per heavy atom. The number of hydrogen-bond donors (Lipinski definition) is 1. The minimum Gasteiger partial charge on any atom is -0.462 e. The molecule has 0 radical (unpaired) electrons. The number of esters is 1. The van der Waals surface area contributed by atoms with Gasteiger partial charge in [0.1, 0.15) is 0 Å². The predicted octanol–water partition coefficient (Wildman–Crippen LogP) is 6.02. The van der Waals surface area contributed by atoms with Gasteiger partial charge in [-0.05, 0) is 67.6 Å². The zero-order chi connectivity index (χ0) is 18.2. The predicted molar refractivity (Wildman–Crippen MR) is 103 cm³/mol. The SMILES string of the molecule is CCOC(=O)c1ccc(N=Nc2ccc(Nc3ccccc3)cc2)cc1. The normalized spacial score (nSPS) is 10.7. The number of hydrogen-bond acceptors (Lipinski definition) is 5. The zero-order valence-electron chi connectivity index (χ0n) is 14.4. The molecule has 0 bridgehead atoms. The lowest BCUT2D eigenvalue weighted by Gasteiger charge is -2.05. The molecule has 0 unspecified atom stereocenters. The van der Waals surface area contributed by atoms with Crippen LogP contribution in [0.25, 0.3) is 0 Å². The van der Waals surface area contributed by atoms with Crippen molar-refractivity contribution < 1.29 is 9.53 Å². The van der Waals surface area contributed by atoms with Crippen LogP contribution in [0.5, 0.6) is 0 Å². The summed E-state index contributed by atoms with van der Waals surface area (Å²) in [6, 6.07) is 24.5. The van der Waals surface area contributed by atoms with E-state index in [1.807, 2.05) is 54.6 Å². The molecule has 0 aliphatic heterocycles. The van der Waals surface area contributed by atoms with E-state index in [4.69, 9.17) is 4.74 Å². The Bertz CT molecular complexity index is 873. The van der Waals surface area contributed by atoms with Crippen LogP contribution in [-0.4, -0.2) is 12.6 Å². The number of carbonyl (C=O) groups is 1. The molecule has 0 fully saturated rings. The molecule has 0 aliphatic rings. The number of nitrogens with one attached hydrogen (secondary N) is 1. The van der Waals surface area contributed by atoms with Crippen molar-refractivity contribution in [3.8, 4) is 0 Å². The summed E-state index contributed by atoms with van der Waals surface area (Å²) < 4.78 is 4.95. The number of anilines is 2. The first-order valence-corrected chi connectivity index (χ1v) is 8.35. The standard InChI is InChI=1S/C21H19N3O2/c1-2-26-21(25)16-8-10-19(11-9-16)23-24-20-14-12-18(13-15-20)22-17-6-4-3-5-7-17/h3-15,22H,2H2,1H3. The van der Waals surface area contributed by atoms with Gasteiger partial charge in [-0.2, -0.15) is 10.2 Å². The minimum atomic E-state index is -0.336. The van der Waals surface area contributed by atoms with Gasteiger partial charge in [-0.3, -0.25) is 0 Å². The van der Waals surface area contributed by atoms with Crippen molar-refractivity contribution >= 4 is 28.7 Å². The fourth-order valence-corrected chi connectivity index (χ4v) is 2.29. The summed E-state index contributed by atoms with van der Waals surface area (Å²) in [5.41, 5.74) is 3.93. The van der Waals surface area contributed by atoms with Crippen molar-refractivity contribution in [3.63, 3.8) is 0 Å². The largest absolute Gasteiger partial charge is 0.462 e. The van der Waals surface area contributed by atoms with Gasteiger partial charge in [-0.25, -0.2) is 4.79 Å². The van der Waals surface area contributed by atoms with Gasteiger partial charge in [0.25, 0.3) is 0 Å². The summed E-state index contributed by atoms with van der Waals surface area (Å²) in [4.78, 5) is 11.6. The fourth-order valence-electron chi connectivity index (χ4n) is 2.29. The van der Waals surface area contributed by atoms with Crippen molar-refractivity contribution in [2.75, 3.05) is 11.9 Å². The molecule has 0 saturated heterocycles. The topological polar surface area (TPSA) is 63.0 Å². The summed E-state index contributed by atoms with van der Waals surface area (Å²) in [5.74, 6) is -0.336. The first kappa shape index (κ1) is 17.4. The average molecular weight is 345 g/mol. The van der Waals surface area contributed by atoms with Crippen LogP contribution in [0.4, 0.5) is 22.7 Å². The molecule has 0 amide bonds. The molecule has 0 spiro atoms. The number of ether oxygens (including phenoxy) is 1. The lowest BCUT2D eigenvalue weighted by Crippen LogP contribution is -2.03. The van der Waals surface area contributed by atoms with E-state index < -0.39 is 0 Å². The van der Waals surface area contributed by atoms with Crippen molar-refractivity contribution in [3.05, 3.63) is 84.4 Å². The van der Waals surface area contributed by atoms with Crippen LogP contribution in [0, 0.1) is 0 Å². The second-order valence-electron chi connectivity index (χ2n) is 5.51. The lowest BCUT2D eigenvalue weighted by molar-refractivity contribution is 0.0526. The maximum atomic E-state index is 11.6. The minimum absolute atomic E-state index is 0.336. The van der Waals surface area contributed by atoms with Gasteiger partial charge in [0.15, 0.2) is 0 Å². The third kappa shape index (κ3) is 4.77. The smallest absolute Gasteiger partial charge is 0.338 e. The van der Waals surface area contributed by atoms with E-state index in [0.717, 1.165) is 17.1 Å². The summed E-state index contributed by atoms with van der Waals surface area (Å²) in [7, 11) is 0. The summed E-state index contributed by atoms with van der Waals surface area (Å²) in [6.07, 6.45) is 0. The van der Waals surface area contributed by atoms with Crippen LogP contribution in [0.3, 0.4) is 0 Å². The van der Waals surface area contributed by atoms with Gasteiger partial charge in [0.2, 0.25) is 0 Å². The first-order chi connectivity index (χ1) is 12.7. The van der Waals surface area contributed by atoms with Crippen molar-refractivity contribution in [2.45, 2.75) is 6.92 Å². The lowest BCUT2D eigenvalue weighted by atomic mass is 10.2. The molecule has 0 aliphatic carbocycles. The average Bonchev–Trinajstić information content (AvgIpc) is 2.69. The molecule has 26 heavy (non-hydrogen) atoms. The molecule has 5 heteroatoms. The molecule has 130 valence electrons. The number of rotatable bonds is 6.